The smallest absolute Gasteiger partial charge is 0.135 e. The van der Waals surface area contributed by atoms with Crippen molar-refractivity contribution in [2.45, 2.75) is 26.7 Å². The molecule has 1 aliphatic rings. The molecule has 0 spiro atoms. The summed E-state index contributed by atoms with van der Waals surface area (Å²) in [5, 5.41) is 0. The summed E-state index contributed by atoms with van der Waals surface area (Å²) >= 11 is 0. The molecular formula is C14H22N2O. The van der Waals surface area contributed by atoms with Crippen molar-refractivity contribution in [3.8, 4) is 0 Å². The van der Waals surface area contributed by atoms with Gasteiger partial charge in [-0.3, -0.25) is 0 Å². The molecular weight excluding hydrogens is 212 g/mol. The van der Waals surface area contributed by atoms with E-state index < -0.39 is 0 Å². The van der Waals surface area contributed by atoms with E-state index in [0.29, 0.717) is 13.2 Å². The van der Waals surface area contributed by atoms with Gasteiger partial charge in [-0.05, 0) is 25.5 Å². The molecule has 0 saturated heterocycles. The molecule has 0 fully saturated rings. The van der Waals surface area contributed by atoms with Crippen LogP contribution in [-0.4, -0.2) is 18.1 Å². The van der Waals surface area contributed by atoms with Crippen molar-refractivity contribution >= 4 is 0 Å². The molecule has 17 heavy (non-hydrogen) atoms. The van der Waals surface area contributed by atoms with Crippen LogP contribution in [0.15, 0.2) is 48.2 Å². The van der Waals surface area contributed by atoms with E-state index in [-0.39, 0.29) is 0 Å². The second kappa shape index (κ2) is 6.97. The van der Waals surface area contributed by atoms with Gasteiger partial charge in [-0.15, -0.1) is 0 Å². The Morgan fingerprint density at radius 1 is 1.53 bits per heavy atom. The Bertz CT molecular complexity index is 353. The highest BCUT2D eigenvalue weighted by Crippen LogP contribution is 2.18. The quantitative estimate of drug-likeness (QED) is 0.768. The highest BCUT2D eigenvalue weighted by Gasteiger charge is 2.07. The normalized spacial score (nSPS) is 16.2. The summed E-state index contributed by atoms with van der Waals surface area (Å²) in [5.41, 5.74) is 7.69. The first-order chi connectivity index (χ1) is 8.17. The molecule has 0 saturated carbocycles. The molecule has 0 aliphatic carbocycles. The zero-order valence-electron chi connectivity index (χ0n) is 10.8. The van der Waals surface area contributed by atoms with Crippen LogP contribution in [0.25, 0.3) is 0 Å². The summed E-state index contributed by atoms with van der Waals surface area (Å²) < 4.78 is 5.49. The highest BCUT2D eigenvalue weighted by molar-refractivity contribution is 5.31. The lowest BCUT2D eigenvalue weighted by Crippen LogP contribution is -2.14. The molecule has 1 aliphatic heterocycles. The molecule has 0 aromatic rings. The van der Waals surface area contributed by atoms with Gasteiger partial charge in [0, 0.05) is 18.4 Å². The van der Waals surface area contributed by atoms with Crippen molar-refractivity contribution in [2.24, 2.45) is 5.73 Å². The van der Waals surface area contributed by atoms with Crippen LogP contribution in [-0.2, 0) is 4.74 Å². The van der Waals surface area contributed by atoms with E-state index in [1.165, 1.54) is 5.57 Å². The van der Waals surface area contributed by atoms with E-state index in [1.807, 2.05) is 23.3 Å². The predicted molar refractivity (Wildman–Crippen MR) is 71.9 cm³/mol. The van der Waals surface area contributed by atoms with Gasteiger partial charge in [-0.1, -0.05) is 25.5 Å². The fourth-order valence-electron chi connectivity index (χ4n) is 1.61. The third kappa shape index (κ3) is 4.49. The lowest BCUT2D eigenvalue weighted by atomic mass is 10.2. The zero-order chi connectivity index (χ0) is 12.7. The lowest BCUT2D eigenvalue weighted by Gasteiger charge is -2.22. The Hall–Kier alpha value is -1.48. The second-order valence-corrected chi connectivity index (χ2v) is 4.13. The number of hydrogen-bond donors (Lipinski definition) is 1. The fraction of sp³-hybridized carbons (Fsp3) is 0.429. The Morgan fingerprint density at radius 3 is 2.94 bits per heavy atom. The van der Waals surface area contributed by atoms with Crippen LogP contribution in [0.1, 0.15) is 26.7 Å². The molecule has 0 atom stereocenters. The van der Waals surface area contributed by atoms with Gasteiger partial charge in [-0.25, -0.2) is 0 Å². The summed E-state index contributed by atoms with van der Waals surface area (Å²) in [4.78, 5) is 2.00. The van der Waals surface area contributed by atoms with Crippen LogP contribution < -0.4 is 5.73 Å². The van der Waals surface area contributed by atoms with Crippen molar-refractivity contribution in [3.05, 3.63) is 48.2 Å². The van der Waals surface area contributed by atoms with E-state index >= 15 is 0 Å². The van der Waals surface area contributed by atoms with Gasteiger partial charge in [0.1, 0.15) is 12.4 Å². The Morgan fingerprint density at radius 2 is 2.29 bits per heavy atom. The molecule has 0 aromatic carbocycles. The SMILES string of the molecule is C=C1C=CC(OCCN)=CN1/C=C(/C)CCC. The van der Waals surface area contributed by atoms with Crippen molar-refractivity contribution in [2.75, 3.05) is 13.2 Å². The minimum atomic E-state index is 0.525. The molecule has 0 bridgehead atoms. The number of nitrogens with two attached hydrogens (primary N) is 1. The summed E-state index contributed by atoms with van der Waals surface area (Å²) in [5.74, 6) is 0.823. The van der Waals surface area contributed by atoms with Crippen molar-refractivity contribution in [1.29, 1.82) is 0 Å². The lowest BCUT2D eigenvalue weighted by molar-refractivity contribution is 0.227. The number of nitrogens with zero attached hydrogens (tertiary/aromatic N) is 1. The average Bonchev–Trinajstić information content (AvgIpc) is 2.30. The number of allylic oxidation sites excluding steroid dienone is 3. The van der Waals surface area contributed by atoms with Gasteiger partial charge in [0.2, 0.25) is 0 Å². The van der Waals surface area contributed by atoms with Gasteiger partial charge < -0.3 is 15.4 Å². The number of ether oxygens (including phenoxy) is 1. The third-order valence-corrected chi connectivity index (χ3v) is 2.43. The second-order valence-electron chi connectivity index (χ2n) is 4.13. The summed E-state index contributed by atoms with van der Waals surface area (Å²) in [6.45, 7) is 9.36. The molecule has 0 radical (unpaired) electrons. The molecule has 3 heteroatoms. The van der Waals surface area contributed by atoms with Crippen LogP contribution in [0.3, 0.4) is 0 Å². The Labute approximate surface area is 104 Å². The highest BCUT2D eigenvalue weighted by atomic mass is 16.5. The van der Waals surface area contributed by atoms with Crippen LogP contribution in [0.4, 0.5) is 0 Å². The first-order valence-corrected chi connectivity index (χ1v) is 6.04. The third-order valence-electron chi connectivity index (χ3n) is 2.43. The van der Waals surface area contributed by atoms with Gasteiger partial charge in [-0.2, -0.15) is 0 Å². The van der Waals surface area contributed by atoms with E-state index in [0.717, 1.165) is 24.3 Å². The van der Waals surface area contributed by atoms with Crippen LogP contribution >= 0.6 is 0 Å². The fourth-order valence-corrected chi connectivity index (χ4v) is 1.61. The van der Waals surface area contributed by atoms with Crippen molar-refractivity contribution in [1.82, 2.24) is 4.90 Å². The summed E-state index contributed by atoms with van der Waals surface area (Å²) in [6.07, 6.45) is 10.1. The maximum atomic E-state index is 5.49. The van der Waals surface area contributed by atoms with Gasteiger partial charge in [0.25, 0.3) is 0 Å². The molecule has 0 aromatic heterocycles. The maximum Gasteiger partial charge on any atom is 0.135 e. The van der Waals surface area contributed by atoms with Crippen LogP contribution in [0.5, 0.6) is 0 Å². The van der Waals surface area contributed by atoms with Gasteiger partial charge in [0.15, 0.2) is 0 Å². The first kappa shape index (κ1) is 13.6. The van der Waals surface area contributed by atoms with Crippen molar-refractivity contribution < 1.29 is 4.74 Å². The molecule has 94 valence electrons. The van der Waals surface area contributed by atoms with E-state index in [4.69, 9.17) is 10.5 Å². The zero-order valence-corrected chi connectivity index (χ0v) is 10.8. The summed E-state index contributed by atoms with van der Waals surface area (Å²) in [6, 6.07) is 0. The molecule has 0 amide bonds. The topological polar surface area (TPSA) is 38.5 Å². The molecule has 1 rings (SSSR count). The van der Waals surface area contributed by atoms with E-state index in [2.05, 4.69) is 26.6 Å². The van der Waals surface area contributed by atoms with Crippen LogP contribution in [0, 0.1) is 0 Å². The molecule has 2 N–H and O–H groups in total. The van der Waals surface area contributed by atoms with Crippen LogP contribution in [0.2, 0.25) is 0 Å². The Balaban J connectivity index is 2.70. The van der Waals surface area contributed by atoms with E-state index in [9.17, 15) is 0 Å². The van der Waals surface area contributed by atoms with E-state index in [1.54, 1.807) is 0 Å². The number of rotatable bonds is 6. The standard InChI is InChI=1S/C14H22N2O/c1-4-5-12(2)10-16-11-14(17-9-8-15)7-6-13(16)3/h6-7,10-11H,3-5,8-9,15H2,1-2H3/b12-10-. The first-order valence-electron chi connectivity index (χ1n) is 6.04. The molecule has 1 heterocycles. The molecule has 0 unspecified atom stereocenters. The van der Waals surface area contributed by atoms with Gasteiger partial charge in [0.05, 0.1) is 6.20 Å². The average molecular weight is 234 g/mol. The minimum Gasteiger partial charge on any atom is -0.491 e. The summed E-state index contributed by atoms with van der Waals surface area (Å²) in [7, 11) is 0. The number of hydrogen-bond acceptors (Lipinski definition) is 3. The predicted octanol–water partition coefficient (Wildman–Crippen LogP) is 2.89. The monoisotopic (exact) mass is 234 g/mol. The molecule has 3 nitrogen and oxygen atoms in total. The maximum absolute atomic E-state index is 5.49. The largest absolute Gasteiger partial charge is 0.491 e. The van der Waals surface area contributed by atoms with Gasteiger partial charge >= 0.3 is 0 Å². The van der Waals surface area contributed by atoms with Crippen molar-refractivity contribution in [3.63, 3.8) is 0 Å². The minimum absolute atomic E-state index is 0.525. The Kier molecular flexibility index (Phi) is 5.57.